The number of guanidine groups is 1. The maximum Gasteiger partial charge on any atom is 0.223 e. The van der Waals surface area contributed by atoms with Gasteiger partial charge in [-0.1, -0.05) is 6.42 Å². The summed E-state index contributed by atoms with van der Waals surface area (Å²) in [5.74, 6) is 1.41. The molecule has 18 heavy (non-hydrogen) atoms. The summed E-state index contributed by atoms with van der Waals surface area (Å²) in [7, 11) is 1.79. The molecule has 1 amide bonds. The van der Waals surface area contributed by atoms with Crippen LogP contribution in [0.5, 0.6) is 0 Å². The first kappa shape index (κ1) is 13.2. The minimum Gasteiger partial charge on any atom is -0.356 e. The van der Waals surface area contributed by atoms with Gasteiger partial charge in [0.1, 0.15) is 0 Å². The normalized spacial score (nSPS) is 20.2. The van der Waals surface area contributed by atoms with Crippen molar-refractivity contribution in [3.63, 3.8) is 0 Å². The molecule has 2 saturated carbocycles. The number of nitrogens with one attached hydrogen (secondary N) is 3. The van der Waals surface area contributed by atoms with Crippen LogP contribution in [-0.4, -0.2) is 38.0 Å². The third-order valence-corrected chi connectivity index (χ3v) is 3.56. The highest BCUT2D eigenvalue weighted by atomic mass is 16.1. The van der Waals surface area contributed by atoms with Crippen molar-refractivity contribution < 1.29 is 4.79 Å². The lowest BCUT2D eigenvalue weighted by Gasteiger charge is -2.24. The van der Waals surface area contributed by atoms with E-state index in [-0.39, 0.29) is 5.91 Å². The molecule has 0 saturated heterocycles. The van der Waals surface area contributed by atoms with Crippen LogP contribution < -0.4 is 16.0 Å². The molecule has 0 atom stereocenters. The summed E-state index contributed by atoms with van der Waals surface area (Å²) in [6, 6.07) is 0.620. The van der Waals surface area contributed by atoms with Crippen LogP contribution in [0.2, 0.25) is 0 Å². The van der Waals surface area contributed by atoms with Crippen molar-refractivity contribution in [2.75, 3.05) is 20.1 Å². The van der Waals surface area contributed by atoms with E-state index >= 15 is 0 Å². The van der Waals surface area contributed by atoms with Gasteiger partial charge in [-0.2, -0.15) is 0 Å². The van der Waals surface area contributed by atoms with E-state index < -0.39 is 0 Å². The Morgan fingerprint density at radius 1 is 1.17 bits per heavy atom. The molecule has 3 N–H and O–H groups in total. The zero-order valence-corrected chi connectivity index (χ0v) is 11.2. The van der Waals surface area contributed by atoms with Crippen LogP contribution in [0.3, 0.4) is 0 Å². The van der Waals surface area contributed by atoms with Gasteiger partial charge in [0.25, 0.3) is 0 Å². The summed E-state index contributed by atoms with van der Waals surface area (Å²) >= 11 is 0. The molecule has 0 heterocycles. The van der Waals surface area contributed by atoms with Crippen LogP contribution >= 0.6 is 0 Å². The molecular weight excluding hydrogens is 228 g/mol. The second kappa shape index (κ2) is 6.61. The molecule has 5 heteroatoms. The average Bonchev–Trinajstić information content (AvgIpc) is 3.08. The molecule has 2 rings (SSSR count). The maximum atomic E-state index is 11.6. The molecule has 0 aromatic carbocycles. The first-order valence-corrected chi connectivity index (χ1v) is 7.04. The van der Waals surface area contributed by atoms with Gasteiger partial charge in [0, 0.05) is 32.1 Å². The molecule has 2 aliphatic carbocycles. The number of aliphatic imine (C=N–C) groups is 1. The van der Waals surface area contributed by atoms with E-state index in [2.05, 4.69) is 20.9 Å². The number of hydrogen-bond acceptors (Lipinski definition) is 2. The fraction of sp³-hybridized carbons (Fsp3) is 0.846. The van der Waals surface area contributed by atoms with Crippen molar-refractivity contribution in [3.8, 4) is 0 Å². The second-order valence-electron chi connectivity index (χ2n) is 5.19. The SMILES string of the molecule is CN=C(NCCCNC(=O)C1CCC1)NC1CC1. The van der Waals surface area contributed by atoms with Gasteiger partial charge >= 0.3 is 0 Å². The molecule has 0 aromatic heterocycles. The highest BCUT2D eigenvalue weighted by Crippen LogP contribution is 2.25. The van der Waals surface area contributed by atoms with Crippen molar-refractivity contribution in [1.82, 2.24) is 16.0 Å². The highest BCUT2D eigenvalue weighted by Gasteiger charge is 2.24. The zero-order chi connectivity index (χ0) is 12.8. The predicted molar refractivity (Wildman–Crippen MR) is 72.5 cm³/mol. The topological polar surface area (TPSA) is 65.5 Å². The molecule has 5 nitrogen and oxygen atoms in total. The molecule has 0 aromatic rings. The molecule has 0 spiro atoms. The van der Waals surface area contributed by atoms with Crippen molar-refractivity contribution in [2.24, 2.45) is 10.9 Å². The van der Waals surface area contributed by atoms with Gasteiger partial charge in [0.05, 0.1) is 0 Å². The third kappa shape index (κ3) is 4.20. The van der Waals surface area contributed by atoms with Gasteiger partial charge in [0.15, 0.2) is 5.96 Å². The van der Waals surface area contributed by atoms with E-state index in [1.54, 1.807) is 7.05 Å². The lowest BCUT2D eigenvalue weighted by atomic mass is 9.85. The minimum absolute atomic E-state index is 0.238. The van der Waals surface area contributed by atoms with Crippen LogP contribution in [0, 0.1) is 5.92 Å². The summed E-state index contributed by atoms with van der Waals surface area (Å²) in [4.78, 5) is 15.7. The van der Waals surface area contributed by atoms with E-state index in [0.717, 1.165) is 38.3 Å². The standard InChI is InChI=1S/C13H24N4O/c1-14-13(17-11-6-7-11)16-9-3-8-15-12(18)10-4-2-5-10/h10-11H,2-9H2,1H3,(H,15,18)(H2,14,16,17). The van der Waals surface area contributed by atoms with Crippen molar-refractivity contribution >= 4 is 11.9 Å². The lowest BCUT2D eigenvalue weighted by Crippen LogP contribution is -2.40. The van der Waals surface area contributed by atoms with Gasteiger partial charge in [-0.05, 0) is 32.1 Å². The first-order valence-electron chi connectivity index (χ1n) is 7.04. The van der Waals surface area contributed by atoms with Crippen molar-refractivity contribution in [1.29, 1.82) is 0 Å². The average molecular weight is 252 g/mol. The smallest absolute Gasteiger partial charge is 0.223 e. The maximum absolute atomic E-state index is 11.6. The monoisotopic (exact) mass is 252 g/mol. The molecule has 2 aliphatic rings. The Morgan fingerprint density at radius 3 is 2.44 bits per heavy atom. The van der Waals surface area contributed by atoms with Crippen LogP contribution in [-0.2, 0) is 4.79 Å². The van der Waals surface area contributed by atoms with Crippen molar-refractivity contribution in [3.05, 3.63) is 0 Å². The zero-order valence-electron chi connectivity index (χ0n) is 11.2. The first-order chi connectivity index (χ1) is 8.79. The Hall–Kier alpha value is -1.26. The molecular formula is C13H24N4O. The molecule has 0 bridgehead atoms. The highest BCUT2D eigenvalue weighted by molar-refractivity contribution is 5.80. The summed E-state index contributed by atoms with van der Waals surface area (Å²) < 4.78 is 0. The Morgan fingerprint density at radius 2 is 1.89 bits per heavy atom. The summed E-state index contributed by atoms with van der Waals surface area (Å²) in [6.45, 7) is 1.60. The summed E-state index contributed by atoms with van der Waals surface area (Å²) in [5.41, 5.74) is 0. The van der Waals surface area contributed by atoms with Gasteiger partial charge in [-0.25, -0.2) is 0 Å². The lowest BCUT2D eigenvalue weighted by molar-refractivity contribution is -0.127. The fourth-order valence-electron chi connectivity index (χ4n) is 1.94. The number of carbonyl (C=O) groups is 1. The Kier molecular flexibility index (Phi) is 4.84. The van der Waals surface area contributed by atoms with Crippen molar-refractivity contribution in [2.45, 2.75) is 44.6 Å². The van der Waals surface area contributed by atoms with Crippen LogP contribution in [0.4, 0.5) is 0 Å². The molecule has 2 fully saturated rings. The number of amides is 1. The van der Waals surface area contributed by atoms with Gasteiger partial charge in [-0.15, -0.1) is 0 Å². The predicted octanol–water partition coefficient (Wildman–Crippen LogP) is 0.620. The molecule has 0 unspecified atom stereocenters. The number of carbonyl (C=O) groups excluding carboxylic acids is 1. The Labute approximate surface area is 109 Å². The molecule has 0 radical (unpaired) electrons. The van der Waals surface area contributed by atoms with Gasteiger partial charge in [0.2, 0.25) is 5.91 Å². The Bertz CT molecular complexity index is 308. The van der Waals surface area contributed by atoms with E-state index in [9.17, 15) is 4.79 Å². The number of nitrogens with zero attached hydrogens (tertiary/aromatic N) is 1. The van der Waals surface area contributed by atoms with Crippen LogP contribution in [0.25, 0.3) is 0 Å². The van der Waals surface area contributed by atoms with E-state index in [0.29, 0.717) is 12.0 Å². The minimum atomic E-state index is 0.238. The van der Waals surface area contributed by atoms with Gasteiger partial charge in [-0.3, -0.25) is 9.79 Å². The number of hydrogen-bond donors (Lipinski definition) is 3. The number of rotatable bonds is 6. The van der Waals surface area contributed by atoms with E-state index in [4.69, 9.17) is 0 Å². The quantitative estimate of drug-likeness (QED) is 0.369. The Balaban J connectivity index is 1.48. The summed E-state index contributed by atoms with van der Waals surface area (Å²) in [5, 5.41) is 9.58. The van der Waals surface area contributed by atoms with E-state index in [1.807, 2.05) is 0 Å². The van der Waals surface area contributed by atoms with E-state index in [1.165, 1.54) is 19.3 Å². The van der Waals surface area contributed by atoms with Gasteiger partial charge < -0.3 is 16.0 Å². The van der Waals surface area contributed by atoms with Crippen LogP contribution in [0.1, 0.15) is 38.5 Å². The third-order valence-electron chi connectivity index (χ3n) is 3.56. The van der Waals surface area contributed by atoms with Crippen LogP contribution in [0.15, 0.2) is 4.99 Å². The molecule has 102 valence electrons. The molecule has 0 aliphatic heterocycles. The largest absolute Gasteiger partial charge is 0.356 e. The fourth-order valence-corrected chi connectivity index (χ4v) is 1.94. The second-order valence-corrected chi connectivity index (χ2v) is 5.19. The summed E-state index contributed by atoms with van der Waals surface area (Å²) in [6.07, 6.45) is 6.78.